The number of thioether (sulfide) groups is 1. The molecule has 2 aromatic heterocycles. The number of aromatic nitrogens is 4. The van der Waals surface area contributed by atoms with E-state index in [0.717, 1.165) is 16.9 Å². The second-order valence-corrected chi connectivity index (χ2v) is 6.40. The number of amides is 1. The van der Waals surface area contributed by atoms with E-state index in [1.165, 1.54) is 11.8 Å². The van der Waals surface area contributed by atoms with Gasteiger partial charge in [0.25, 0.3) is 0 Å². The molecule has 7 nitrogen and oxygen atoms in total. The van der Waals surface area contributed by atoms with E-state index in [2.05, 4.69) is 39.5 Å². The van der Waals surface area contributed by atoms with Crippen LogP contribution < -0.4 is 10.6 Å². The lowest BCUT2D eigenvalue weighted by molar-refractivity contribution is -0.120. The molecule has 126 valence electrons. The molecule has 1 amide bonds. The van der Waals surface area contributed by atoms with E-state index < -0.39 is 0 Å². The SMILES string of the molecule is CSc1nc(NC(C)C)c2cnn(CCNC(=O)CCCl)c2n1. The van der Waals surface area contributed by atoms with Crippen LogP contribution in [0.2, 0.25) is 0 Å². The number of rotatable bonds is 8. The van der Waals surface area contributed by atoms with Crippen molar-refractivity contribution in [2.45, 2.75) is 38.0 Å². The van der Waals surface area contributed by atoms with Crippen molar-refractivity contribution in [3.63, 3.8) is 0 Å². The van der Waals surface area contributed by atoms with Gasteiger partial charge in [-0.2, -0.15) is 5.10 Å². The van der Waals surface area contributed by atoms with Crippen LogP contribution in [0.1, 0.15) is 20.3 Å². The number of carbonyl (C=O) groups is 1. The molecule has 0 saturated carbocycles. The van der Waals surface area contributed by atoms with Crippen LogP contribution in [-0.2, 0) is 11.3 Å². The summed E-state index contributed by atoms with van der Waals surface area (Å²) in [7, 11) is 0. The molecule has 0 unspecified atom stereocenters. The standard InChI is InChI=1S/C14H21ClN6OS/c1-9(2)18-12-10-8-17-21(7-6-16-11(22)4-5-15)13(10)20-14(19-12)23-3/h8-9H,4-7H2,1-3H3,(H,16,22)(H,18,19,20). The summed E-state index contributed by atoms with van der Waals surface area (Å²) in [4.78, 5) is 20.5. The predicted molar refractivity (Wildman–Crippen MR) is 94.2 cm³/mol. The number of halogens is 1. The first-order valence-corrected chi connectivity index (χ1v) is 9.17. The van der Waals surface area contributed by atoms with E-state index in [1.807, 2.05) is 6.26 Å². The first-order valence-electron chi connectivity index (χ1n) is 7.42. The maximum atomic E-state index is 11.4. The van der Waals surface area contributed by atoms with Crippen molar-refractivity contribution >= 4 is 46.1 Å². The lowest BCUT2D eigenvalue weighted by Gasteiger charge is -2.11. The highest BCUT2D eigenvalue weighted by Gasteiger charge is 2.13. The van der Waals surface area contributed by atoms with Crippen molar-refractivity contribution < 1.29 is 4.79 Å². The summed E-state index contributed by atoms with van der Waals surface area (Å²) in [6.45, 7) is 5.15. The molecule has 2 aromatic rings. The minimum atomic E-state index is -0.0574. The van der Waals surface area contributed by atoms with Gasteiger partial charge >= 0.3 is 0 Å². The summed E-state index contributed by atoms with van der Waals surface area (Å²) in [5.41, 5.74) is 0.763. The zero-order valence-electron chi connectivity index (χ0n) is 13.5. The summed E-state index contributed by atoms with van der Waals surface area (Å²) in [6.07, 6.45) is 4.01. The molecule has 0 radical (unpaired) electrons. The maximum Gasteiger partial charge on any atom is 0.221 e. The van der Waals surface area contributed by atoms with Crippen molar-refractivity contribution in [1.82, 2.24) is 25.1 Å². The molecule has 0 saturated heterocycles. The molecule has 23 heavy (non-hydrogen) atoms. The second-order valence-electron chi connectivity index (χ2n) is 5.25. The predicted octanol–water partition coefficient (Wildman–Crippen LogP) is 2.11. The van der Waals surface area contributed by atoms with Crippen LogP contribution in [0.25, 0.3) is 11.0 Å². The highest BCUT2D eigenvalue weighted by molar-refractivity contribution is 7.98. The summed E-state index contributed by atoms with van der Waals surface area (Å²) < 4.78 is 1.78. The highest BCUT2D eigenvalue weighted by Crippen LogP contribution is 2.23. The first-order chi connectivity index (χ1) is 11.0. The van der Waals surface area contributed by atoms with Gasteiger partial charge in [-0.25, -0.2) is 14.6 Å². The molecule has 0 aliphatic rings. The fourth-order valence-electron chi connectivity index (χ4n) is 2.05. The van der Waals surface area contributed by atoms with Gasteiger partial charge in [0.1, 0.15) is 5.82 Å². The van der Waals surface area contributed by atoms with Gasteiger partial charge in [-0.05, 0) is 20.1 Å². The van der Waals surface area contributed by atoms with Crippen LogP contribution in [-0.4, -0.2) is 50.4 Å². The number of hydrogen-bond donors (Lipinski definition) is 2. The van der Waals surface area contributed by atoms with Gasteiger partial charge in [0, 0.05) is 24.9 Å². The maximum absolute atomic E-state index is 11.4. The van der Waals surface area contributed by atoms with Gasteiger partial charge in [-0.3, -0.25) is 4.79 Å². The number of nitrogens with one attached hydrogen (secondary N) is 2. The Balaban J connectivity index is 2.19. The van der Waals surface area contributed by atoms with Gasteiger partial charge in [0.2, 0.25) is 5.91 Å². The van der Waals surface area contributed by atoms with E-state index in [1.54, 1.807) is 10.9 Å². The zero-order chi connectivity index (χ0) is 16.8. The van der Waals surface area contributed by atoms with Crippen LogP contribution in [0.15, 0.2) is 11.4 Å². The average Bonchev–Trinajstić information content (AvgIpc) is 2.90. The number of hydrogen-bond acceptors (Lipinski definition) is 6. The Kier molecular flexibility index (Phi) is 6.47. The van der Waals surface area contributed by atoms with Crippen molar-refractivity contribution in [1.29, 1.82) is 0 Å². The lowest BCUT2D eigenvalue weighted by Crippen LogP contribution is -2.27. The molecule has 0 spiro atoms. The van der Waals surface area contributed by atoms with Gasteiger partial charge in [0.05, 0.1) is 18.1 Å². The quantitative estimate of drug-likeness (QED) is 0.428. The van der Waals surface area contributed by atoms with Crippen LogP contribution in [0, 0.1) is 0 Å². The Morgan fingerprint density at radius 1 is 1.43 bits per heavy atom. The third kappa shape index (κ3) is 4.71. The van der Waals surface area contributed by atoms with Gasteiger partial charge in [0.15, 0.2) is 10.8 Å². The Morgan fingerprint density at radius 3 is 2.87 bits per heavy atom. The van der Waals surface area contributed by atoms with Gasteiger partial charge < -0.3 is 10.6 Å². The molecule has 0 aliphatic heterocycles. The number of nitrogens with zero attached hydrogens (tertiary/aromatic N) is 4. The fourth-order valence-corrected chi connectivity index (χ4v) is 2.58. The van der Waals surface area contributed by atoms with Crippen molar-refractivity contribution in [2.24, 2.45) is 0 Å². The Bertz CT molecular complexity index is 675. The highest BCUT2D eigenvalue weighted by atomic mass is 35.5. The smallest absolute Gasteiger partial charge is 0.221 e. The Labute approximate surface area is 144 Å². The monoisotopic (exact) mass is 356 g/mol. The summed E-state index contributed by atoms with van der Waals surface area (Å²) in [6, 6.07) is 0.265. The van der Waals surface area contributed by atoms with Crippen LogP contribution in [0.5, 0.6) is 0 Å². The molecule has 9 heteroatoms. The number of fused-ring (bicyclic) bond motifs is 1. The average molecular weight is 357 g/mol. The Hall–Kier alpha value is -1.54. The molecular weight excluding hydrogens is 336 g/mol. The molecule has 2 heterocycles. The second kappa shape index (κ2) is 8.35. The van der Waals surface area contributed by atoms with E-state index in [0.29, 0.717) is 30.5 Å². The van der Waals surface area contributed by atoms with E-state index in [-0.39, 0.29) is 11.9 Å². The van der Waals surface area contributed by atoms with Crippen LogP contribution in [0.4, 0.5) is 5.82 Å². The summed E-state index contributed by atoms with van der Waals surface area (Å²) >= 11 is 7.03. The fraction of sp³-hybridized carbons (Fsp3) is 0.571. The molecule has 0 aliphatic carbocycles. The van der Waals surface area contributed by atoms with E-state index >= 15 is 0 Å². The third-order valence-electron chi connectivity index (χ3n) is 3.05. The Morgan fingerprint density at radius 2 is 2.22 bits per heavy atom. The minimum Gasteiger partial charge on any atom is -0.367 e. The lowest BCUT2D eigenvalue weighted by atomic mass is 10.3. The molecule has 0 bridgehead atoms. The van der Waals surface area contributed by atoms with E-state index in [9.17, 15) is 4.79 Å². The molecule has 0 fully saturated rings. The molecular formula is C14H21ClN6OS. The van der Waals surface area contributed by atoms with Gasteiger partial charge in [-0.15, -0.1) is 11.6 Å². The normalized spacial score (nSPS) is 11.2. The van der Waals surface area contributed by atoms with Crippen LogP contribution in [0.3, 0.4) is 0 Å². The first kappa shape index (κ1) is 17.8. The molecule has 2 N–H and O–H groups in total. The summed E-state index contributed by atoms with van der Waals surface area (Å²) in [5, 5.41) is 12.1. The third-order valence-corrected chi connectivity index (χ3v) is 3.79. The largest absolute Gasteiger partial charge is 0.367 e. The number of carbonyl (C=O) groups excluding carboxylic acids is 1. The van der Waals surface area contributed by atoms with E-state index in [4.69, 9.17) is 11.6 Å². The minimum absolute atomic E-state index is 0.0574. The summed E-state index contributed by atoms with van der Waals surface area (Å²) in [5.74, 6) is 1.05. The molecule has 0 aromatic carbocycles. The topological polar surface area (TPSA) is 84.7 Å². The van der Waals surface area contributed by atoms with Crippen molar-refractivity contribution in [3.05, 3.63) is 6.20 Å². The zero-order valence-corrected chi connectivity index (χ0v) is 15.0. The number of alkyl halides is 1. The van der Waals surface area contributed by atoms with Gasteiger partial charge in [-0.1, -0.05) is 11.8 Å². The molecule has 2 rings (SSSR count). The van der Waals surface area contributed by atoms with Crippen molar-refractivity contribution in [2.75, 3.05) is 24.0 Å². The number of anilines is 1. The van der Waals surface area contributed by atoms with Crippen molar-refractivity contribution in [3.8, 4) is 0 Å². The molecule has 0 atom stereocenters. The van der Waals surface area contributed by atoms with Crippen LogP contribution >= 0.6 is 23.4 Å².